The summed E-state index contributed by atoms with van der Waals surface area (Å²) < 4.78 is 26.3. The second kappa shape index (κ2) is 9.95. The lowest BCUT2D eigenvalue weighted by molar-refractivity contribution is -0.119. The molecule has 0 saturated carbocycles. The molecule has 0 radical (unpaired) electrons. The van der Waals surface area contributed by atoms with Gasteiger partial charge in [0.1, 0.15) is 29.2 Å². The Morgan fingerprint density at radius 3 is 2.77 bits per heavy atom. The summed E-state index contributed by atoms with van der Waals surface area (Å²) in [5.74, 6) is 1.14. The SMILES string of the molecule is CC(=O)NC[C@H]1CN(c2ccc(N3CCN(Cc4ccc(C5=NNCC5)o4)CC3)c(F)c2)C(=O)O1. The van der Waals surface area contributed by atoms with Gasteiger partial charge in [-0.2, -0.15) is 5.10 Å². The molecule has 0 aliphatic carbocycles. The minimum Gasteiger partial charge on any atom is -0.458 e. The number of hydrogen-bond acceptors (Lipinski definition) is 8. The molecule has 2 saturated heterocycles. The van der Waals surface area contributed by atoms with Crippen molar-refractivity contribution in [1.82, 2.24) is 15.6 Å². The third kappa shape index (κ3) is 5.24. The lowest BCUT2D eigenvalue weighted by Crippen LogP contribution is -2.46. The smallest absolute Gasteiger partial charge is 0.414 e. The number of piperazine rings is 1. The van der Waals surface area contributed by atoms with Crippen molar-refractivity contribution in [3.63, 3.8) is 0 Å². The van der Waals surface area contributed by atoms with Crippen molar-refractivity contribution in [3.8, 4) is 0 Å². The average molecular weight is 485 g/mol. The van der Waals surface area contributed by atoms with Crippen molar-refractivity contribution >= 4 is 29.1 Å². The lowest BCUT2D eigenvalue weighted by Gasteiger charge is -2.36. The molecule has 3 aliphatic heterocycles. The number of hydrazone groups is 1. The van der Waals surface area contributed by atoms with Crippen LogP contribution in [0.1, 0.15) is 24.9 Å². The molecule has 4 heterocycles. The first-order valence-electron chi connectivity index (χ1n) is 11.8. The number of amides is 2. The van der Waals surface area contributed by atoms with E-state index in [0.29, 0.717) is 31.0 Å². The fourth-order valence-corrected chi connectivity index (χ4v) is 4.56. The molecule has 1 aromatic heterocycles. The second-order valence-electron chi connectivity index (χ2n) is 8.93. The summed E-state index contributed by atoms with van der Waals surface area (Å²) in [5, 5.41) is 6.88. The number of hydrogen-bond donors (Lipinski definition) is 2. The fourth-order valence-electron chi connectivity index (χ4n) is 4.56. The number of furan rings is 1. The molecule has 5 rings (SSSR count). The summed E-state index contributed by atoms with van der Waals surface area (Å²) in [6, 6.07) is 8.77. The van der Waals surface area contributed by atoms with Crippen LogP contribution in [-0.4, -0.2) is 74.5 Å². The lowest BCUT2D eigenvalue weighted by atomic mass is 10.2. The largest absolute Gasteiger partial charge is 0.458 e. The zero-order chi connectivity index (χ0) is 24.4. The molecule has 3 aliphatic rings. The fraction of sp³-hybridized carbons (Fsp3) is 0.458. The number of halogens is 1. The van der Waals surface area contributed by atoms with Crippen LogP contribution in [0.3, 0.4) is 0 Å². The molecule has 35 heavy (non-hydrogen) atoms. The van der Waals surface area contributed by atoms with Crippen molar-refractivity contribution in [2.45, 2.75) is 26.0 Å². The molecule has 1 atom stereocenters. The maximum atomic E-state index is 15.0. The predicted octanol–water partition coefficient (Wildman–Crippen LogP) is 1.90. The van der Waals surface area contributed by atoms with Gasteiger partial charge in [0.05, 0.1) is 31.0 Å². The van der Waals surface area contributed by atoms with Crippen molar-refractivity contribution in [2.24, 2.45) is 5.10 Å². The molecular weight excluding hydrogens is 455 g/mol. The third-order valence-electron chi connectivity index (χ3n) is 6.42. The quantitative estimate of drug-likeness (QED) is 0.619. The normalized spacial score (nSPS) is 20.6. The Bertz CT molecular complexity index is 1130. The van der Waals surface area contributed by atoms with Crippen molar-refractivity contribution in [1.29, 1.82) is 0 Å². The number of cyclic esters (lactones) is 1. The van der Waals surface area contributed by atoms with Crippen LogP contribution < -0.4 is 20.5 Å². The van der Waals surface area contributed by atoms with Gasteiger partial charge < -0.3 is 24.8 Å². The number of benzene rings is 1. The first-order chi connectivity index (χ1) is 17.0. The van der Waals surface area contributed by atoms with E-state index in [2.05, 4.69) is 20.7 Å². The summed E-state index contributed by atoms with van der Waals surface area (Å²) in [6.45, 7) is 6.36. The standard InChI is InChI=1S/C24H29FN6O4/c1-16(32)26-13-19-15-31(24(33)35-19)17-2-4-22(20(25)12-17)30-10-8-29(9-11-30)14-18-3-5-23(34-18)21-6-7-27-28-21/h2-5,12,19,27H,6-11,13-15H2,1H3,(H,26,32)/t19-/m0/s1. The molecule has 2 N–H and O–H groups in total. The number of rotatable bonds is 7. The van der Waals surface area contributed by atoms with E-state index in [1.54, 1.807) is 12.1 Å². The average Bonchev–Trinajstić information content (AvgIpc) is 3.59. The highest BCUT2D eigenvalue weighted by molar-refractivity contribution is 5.99. The van der Waals surface area contributed by atoms with Crippen molar-refractivity contribution in [2.75, 3.05) is 55.6 Å². The molecule has 186 valence electrons. The third-order valence-corrected chi connectivity index (χ3v) is 6.42. The van der Waals surface area contributed by atoms with E-state index in [1.807, 2.05) is 17.0 Å². The number of ether oxygens (including phenoxy) is 1. The molecule has 1 aromatic carbocycles. The number of anilines is 2. The van der Waals surface area contributed by atoms with Crippen LogP contribution in [0, 0.1) is 5.82 Å². The highest BCUT2D eigenvalue weighted by Gasteiger charge is 2.33. The molecule has 2 aromatic rings. The van der Waals surface area contributed by atoms with Crippen molar-refractivity contribution in [3.05, 3.63) is 47.7 Å². The van der Waals surface area contributed by atoms with E-state index in [0.717, 1.165) is 43.3 Å². The van der Waals surface area contributed by atoms with Gasteiger partial charge in [-0.05, 0) is 30.3 Å². The van der Waals surface area contributed by atoms with Gasteiger partial charge in [0.2, 0.25) is 5.91 Å². The molecule has 10 nitrogen and oxygen atoms in total. The van der Waals surface area contributed by atoms with Gasteiger partial charge in [-0.15, -0.1) is 0 Å². The number of nitrogens with zero attached hydrogens (tertiary/aromatic N) is 4. The summed E-state index contributed by atoms with van der Waals surface area (Å²) in [4.78, 5) is 29.0. The van der Waals surface area contributed by atoms with Crippen LogP contribution in [0.5, 0.6) is 0 Å². The minimum atomic E-state index is -0.543. The minimum absolute atomic E-state index is 0.194. The molecule has 2 fully saturated rings. The summed E-state index contributed by atoms with van der Waals surface area (Å²) >= 11 is 0. The van der Waals surface area contributed by atoms with Gasteiger partial charge in [-0.25, -0.2) is 9.18 Å². The maximum absolute atomic E-state index is 15.0. The van der Waals surface area contributed by atoms with Crippen LogP contribution in [0.2, 0.25) is 0 Å². The van der Waals surface area contributed by atoms with E-state index in [9.17, 15) is 9.59 Å². The van der Waals surface area contributed by atoms with Gasteiger partial charge >= 0.3 is 6.09 Å². The Morgan fingerprint density at radius 1 is 1.23 bits per heavy atom. The van der Waals surface area contributed by atoms with Gasteiger partial charge in [0.25, 0.3) is 0 Å². The van der Waals surface area contributed by atoms with E-state index in [1.165, 1.54) is 17.9 Å². The van der Waals surface area contributed by atoms with Crippen LogP contribution in [0.25, 0.3) is 0 Å². The molecule has 11 heteroatoms. The predicted molar refractivity (Wildman–Crippen MR) is 128 cm³/mol. The summed E-state index contributed by atoms with van der Waals surface area (Å²) in [7, 11) is 0. The van der Waals surface area contributed by atoms with E-state index >= 15 is 4.39 Å². The number of carbonyl (C=O) groups is 2. The highest BCUT2D eigenvalue weighted by Crippen LogP contribution is 2.29. The first kappa shape index (κ1) is 23.2. The Kier molecular flexibility index (Phi) is 6.58. The summed E-state index contributed by atoms with van der Waals surface area (Å²) in [5.41, 5.74) is 4.87. The Labute approximate surface area is 202 Å². The van der Waals surface area contributed by atoms with E-state index in [-0.39, 0.29) is 24.8 Å². The monoisotopic (exact) mass is 484 g/mol. The Balaban J connectivity index is 1.15. The van der Waals surface area contributed by atoms with Gasteiger partial charge in [0, 0.05) is 46.1 Å². The molecule has 0 unspecified atom stereocenters. The number of carbonyl (C=O) groups excluding carboxylic acids is 2. The van der Waals surface area contributed by atoms with Crippen LogP contribution in [0.4, 0.5) is 20.6 Å². The number of nitrogens with one attached hydrogen (secondary N) is 2. The van der Waals surface area contributed by atoms with E-state index in [4.69, 9.17) is 9.15 Å². The Hall–Kier alpha value is -3.60. The molecule has 0 bridgehead atoms. The van der Waals surface area contributed by atoms with Crippen LogP contribution >= 0.6 is 0 Å². The molecular formula is C24H29FN6O4. The van der Waals surface area contributed by atoms with Gasteiger partial charge in [-0.3, -0.25) is 14.6 Å². The van der Waals surface area contributed by atoms with Gasteiger partial charge in [-0.1, -0.05) is 0 Å². The Morgan fingerprint density at radius 2 is 2.06 bits per heavy atom. The molecule has 0 spiro atoms. The topological polar surface area (TPSA) is 103 Å². The van der Waals surface area contributed by atoms with Crippen LogP contribution in [-0.2, 0) is 16.1 Å². The summed E-state index contributed by atoms with van der Waals surface area (Å²) in [6.07, 6.45) is -0.138. The maximum Gasteiger partial charge on any atom is 0.414 e. The van der Waals surface area contributed by atoms with Crippen molar-refractivity contribution < 1.29 is 23.1 Å². The first-order valence-corrected chi connectivity index (χ1v) is 11.8. The van der Waals surface area contributed by atoms with Crippen LogP contribution in [0.15, 0.2) is 39.9 Å². The zero-order valence-electron chi connectivity index (χ0n) is 19.6. The molecule has 2 amide bonds. The van der Waals surface area contributed by atoms with Gasteiger partial charge in [0.15, 0.2) is 0 Å². The second-order valence-corrected chi connectivity index (χ2v) is 8.93. The zero-order valence-corrected chi connectivity index (χ0v) is 19.6. The highest BCUT2D eigenvalue weighted by atomic mass is 19.1. The van der Waals surface area contributed by atoms with E-state index < -0.39 is 12.2 Å².